The van der Waals surface area contributed by atoms with Crippen LogP contribution in [-0.4, -0.2) is 11.8 Å². The lowest BCUT2D eigenvalue weighted by Gasteiger charge is -2.14. The maximum atomic E-state index is 12.3. The summed E-state index contributed by atoms with van der Waals surface area (Å²) in [6.45, 7) is 0. The van der Waals surface area contributed by atoms with Crippen molar-refractivity contribution in [1.29, 1.82) is 0 Å². The Kier molecular flexibility index (Phi) is 3.03. The van der Waals surface area contributed by atoms with Crippen molar-refractivity contribution in [2.45, 2.75) is 11.8 Å². The van der Waals surface area contributed by atoms with Crippen molar-refractivity contribution in [3.8, 4) is 24.2 Å². The zero-order chi connectivity index (χ0) is 9.83. The second-order valence-electron chi connectivity index (χ2n) is 1.60. The van der Waals surface area contributed by atoms with Gasteiger partial charge in [0.25, 0.3) is 0 Å². The summed E-state index contributed by atoms with van der Waals surface area (Å²) in [5.74, 6) is 0.956. The molecule has 0 aromatic heterocycles. The summed E-state index contributed by atoms with van der Waals surface area (Å²) >= 11 is 0. The third-order valence-electron chi connectivity index (χ3n) is 0.830. The van der Waals surface area contributed by atoms with Crippen LogP contribution in [0, 0.1) is 24.2 Å². The van der Waals surface area contributed by atoms with Gasteiger partial charge in [0, 0.05) is 0 Å². The lowest BCUT2D eigenvalue weighted by Crippen LogP contribution is -2.38. The molecule has 0 unspecified atom stereocenters. The minimum Gasteiger partial charge on any atom is -0.205 e. The van der Waals surface area contributed by atoms with Gasteiger partial charge in [-0.25, -0.2) is 4.39 Å². The van der Waals surface area contributed by atoms with E-state index < -0.39 is 11.8 Å². The van der Waals surface area contributed by atoms with Crippen LogP contribution < -0.4 is 0 Å². The molecule has 0 aliphatic rings. The molecule has 0 rings (SSSR count). The zero-order valence-corrected chi connectivity index (χ0v) is 5.27. The molecule has 0 aliphatic heterocycles. The smallest absolute Gasteiger partial charge is 0.205 e. The molecule has 66 valence electrons. The van der Waals surface area contributed by atoms with Gasteiger partial charge in [-0.05, 0) is 11.8 Å². The lowest BCUT2D eigenvalue weighted by molar-refractivity contribution is -0.188. The van der Waals surface area contributed by atoms with Crippen LogP contribution >= 0.6 is 0 Å². The van der Waals surface area contributed by atoms with E-state index in [4.69, 9.17) is 0 Å². The quantitative estimate of drug-likeness (QED) is 0.401. The Morgan fingerprint density at radius 2 is 1.08 bits per heavy atom. The number of halogens is 6. The molecule has 12 heavy (non-hydrogen) atoms. The average molecular weight is 186 g/mol. The molecular formula is C6F6. The van der Waals surface area contributed by atoms with E-state index in [1.54, 1.807) is 0 Å². The monoisotopic (exact) mass is 186 g/mol. The van der Waals surface area contributed by atoms with Gasteiger partial charge in [-0.1, -0.05) is 0 Å². The fourth-order valence-corrected chi connectivity index (χ4v) is 0.303. The van der Waals surface area contributed by atoms with Crippen LogP contribution in [0.1, 0.15) is 0 Å². The highest BCUT2D eigenvalue weighted by Crippen LogP contribution is 2.32. The van der Waals surface area contributed by atoms with Crippen molar-refractivity contribution >= 4 is 0 Å². The Hall–Kier alpha value is -1.30. The van der Waals surface area contributed by atoms with Crippen LogP contribution in [0.15, 0.2) is 0 Å². The van der Waals surface area contributed by atoms with E-state index >= 15 is 0 Å². The maximum absolute atomic E-state index is 12.3. The zero-order valence-electron chi connectivity index (χ0n) is 5.27. The third kappa shape index (κ3) is 2.09. The van der Waals surface area contributed by atoms with E-state index in [2.05, 4.69) is 0 Å². The van der Waals surface area contributed by atoms with Crippen LogP contribution in [0.5, 0.6) is 0 Å². The van der Waals surface area contributed by atoms with E-state index in [9.17, 15) is 26.3 Å². The van der Waals surface area contributed by atoms with Gasteiger partial charge in [0.2, 0.25) is 0 Å². The maximum Gasteiger partial charge on any atom is 0.446 e. The summed E-state index contributed by atoms with van der Waals surface area (Å²) in [5, 5.41) is 0. The Morgan fingerprint density at radius 1 is 0.750 bits per heavy atom. The molecule has 0 fully saturated rings. The van der Waals surface area contributed by atoms with Gasteiger partial charge in [0.15, 0.2) is 0 Å². The topological polar surface area (TPSA) is 0 Å². The minimum absolute atomic E-state index is 0.185. The molecule has 0 amide bonds. The predicted octanol–water partition coefficient (Wildman–Crippen LogP) is 2.12. The Bertz CT molecular complexity index is 246. The molecule has 0 radical (unpaired) electrons. The summed E-state index contributed by atoms with van der Waals surface area (Å²) in [5.41, 5.74) is -4.43. The van der Waals surface area contributed by atoms with Crippen molar-refractivity contribution in [2.24, 2.45) is 0 Å². The average Bonchev–Trinajstić information content (AvgIpc) is 1.86. The SMILES string of the molecule is FC#CC(F)(C#CF)C(F)(F)F. The summed E-state index contributed by atoms with van der Waals surface area (Å²) in [7, 11) is 0. The predicted molar refractivity (Wildman–Crippen MR) is 27.7 cm³/mol. The molecule has 0 bridgehead atoms. The number of hydrogen-bond acceptors (Lipinski definition) is 0. The summed E-state index contributed by atoms with van der Waals surface area (Å²) in [4.78, 5) is 0. The van der Waals surface area contributed by atoms with Crippen molar-refractivity contribution in [3.05, 3.63) is 0 Å². The van der Waals surface area contributed by atoms with Gasteiger partial charge in [-0.15, -0.1) is 8.78 Å². The van der Waals surface area contributed by atoms with Crippen LogP contribution in [0.25, 0.3) is 0 Å². The first-order chi connectivity index (χ1) is 5.37. The van der Waals surface area contributed by atoms with Gasteiger partial charge in [0.05, 0.1) is 0 Å². The van der Waals surface area contributed by atoms with Crippen LogP contribution in [0.3, 0.4) is 0 Å². The fraction of sp³-hybridized carbons (Fsp3) is 0.333. The summed E-state index contributed by atoms with van der Waals surface area (Å²) in [6.07, 6.45) is -5.17. The number of rotatable bonds is 0. The molecule has 6 heteroatoms. The van der Waals surface area contributed by atoms with Gasteiger partial charge in [-0.2, -0.15) is 13.2 Å². The van der Waals surface area contributed by atoms with Gasteiger partial charge in [-0.3, -0.25) is 0 Å². The highest BCUT2D eigenvalue weighted by atomic mass is 19.4. The third-order valence-corrected chi connectivity index (χ3v) is 0.830. The lowest BCUT2D eigenvalue weighted by atomic mass is 10.1. The first-order valence-electron chi connectivity index (χ1n) is 2.38. The van der Waals surface area contributed by atoms with Crippen LogP contribution in [0.4, 0.5) is 26.3 Å². The molecule has 0 aromatic rings. The van der Waals surface area contributed by atoms with Crippen LogP contribution in [-0.2, 0) is 0 Å². The molecule has 0 atom stereocenters. The highest BCUT2D eigenvalue weighted by molar-refractivity contribution is 5.30. The van der Waals surface area contributed by atoms with E-state index in [1.165, 1.54) is 0 Å². The largest absolute Gasteiger partial charge is 0.446 e. The highest BCUT2D eigenvalue weighted by Gasteiger charge is 2.55. The molecule has 0 heterocycles. The van der Waals surface area contributed by atoms with Crippen molar-refractivity contribution in [1.82, 2.24) is 0 Å². The first-order valence-corrected chi connectivity index (χ1v) is 2.38. The Morgan fingerprint density at radius 3 is 1.25 bits per heavy atom. The fourth-order valence-electron chi connectivity index (χ4n) is 0.303. The number of hydrogen-bond donors (Lipinski definition) is 0. The second kappa shape index (κ2) is 3.40. The molecular weight excluding hydrogens is 186 g/mol. The van der Waals surface area contributed by atoms with Gasteiger partial charge >= 0.3 is 11.8 Å². The van der Waals surface area contributed by atoms with Gasteiger partial charge < -0.3 is 0 Å². The van der Waals surface area contributed by atoms with E-state index in [0.717, 1.165) is 0 Å². The van der Waals surface area contributed by atoms with E-state index in [1.807, 2.05) is 0 Å². The molecule has 0 aromatic carbocycles. The van der Waals surface area contributed by atoms with Crippen molar-refractivity contribution in [3.63, 3.8) is 0 Å². The number of alkyl halides is 4. The summed E-state index contributed by atoms with van der Waals surface area (Å²) in [6, 6.07) is 0. The molecule has 0 saturated heterocycles. The van der Waals surface area contributed by atoms with Crippen LogP contribution in [0.2, 0.25) is 0 Å². The molecule has 0 nitrogen and oxygen atoms in total. The second-order valence-corrected chi connectivity index (χ2v) is 1.60. The van der Waals surface area contributed by atoms with Gasteiger partial charge in [0.1, 0.15) is 12.3 Å². The van der Waals surface area contributed by atoms with E-state index in [-0.39, 0.29) is 12.3 Å². The molecule has 0 spiro atoms. The van der Waals surface area contributed by atoms with Crippen molar-refractivity contribution < 1.29 is 26.3 Å². The Balaban J connectivity index is 5.06. The molecule has 0 saturated carbocycles. The summed E-state index contributed by atoms with van der Waals surface area (Å²) < 4.78 is 69.1. The first kappa shape index (κ1) is 10.7. The van der Waals surface area contributed by atoms with E-state index in [0.29, 0.717) is 11.8 Å². The van der Waals surface area contributed by atoms with Crippen molar-refractivity contribution in [2.75, 3.05) is 0 Å². The normalized spacial score (nSPS) is 10.8. The minimum atomic E-state index is -5.54. The molecule has 0 aliphatic carbocycles. The Labute approximate surface area is 63.6 Å². The molecule has 0 N–H and O–H groups in total. The standard InChI is InChI=1S/C6F6/c7-3-1-5(9,2-4-8)6(10,11)12.